The van der Waals surface area contributed by atoms with Crippen LogP contribution in [0.1, 0.15) is 5.56 Å². The number of hydrogen-bond acceptors (Lipinski definition) is 5. The third-order valence-electron chi connectivity index (χ3n) is 2.65. The summed E-state index contributed by atoms with van der Waals surface area (Å²) < 4.78 is 47.5. The summed E-state index contributed by atoms with van der Waals surface area (Å²) in [5.41, 5.74) is 0.554. The Balaban J connectivity index is 3.54. The van der Waals surface area contributed by atoms with Gasteiger partial charge in [0.25, 0.3) is 0 Å². The number of ether oxygens (including phenoxy) is 2. The van der Waals surface area contributed by atoms with Gasteiger partial charge in [0, 0.05) is 11.8 Å². The Bertz CT molecular complexity index is 557. The number of halogens is 1. The Morgan fingerprint density at radius 3 is 2.26 bits per heavy atom. The van der Waals surface area contributed by atoms with E-state index in [4.69, 9.17) is 9.47 Å². The van der Waals surface area contributed by atoms with Crippen molar-refractivity contribution in [2.24, 2.45) is 0 Å². The van der Waals surface area contributed by atoms with Crippen molar-refractivity contribution in [2.45, 2.75) is 11.3 Å². The first-order valence-corrected chi connectivity index (χ1v) is 7.54. The third-order valence-corrected chi connectivity index (χ3v) is 3.77. The molecule has 0 radical (unpaired) electrons. The monoisotopic (exact) mass is 291 g/mol. The molecule has 5 nitrogen and oxygen atoms in total. The molecule has 0 heterocycles. The maximum Gasteiger partial charge on any atom is 0.182 e. The lowest BCUT2D eigenvalue weighted by molar-refractivity contribution is 0.338. The molecule has 0 fully saturated rings. The van der Waals surface area contributed by atoms with Gasteiger partial charge in [-0.05, 0) is 26.1 Å². The molecule has 108 valence electrons. The van der Waals surface area contributed by atoms with Gasteiger partial charge in [-0.3, -0.25) is 0 Å². The minimum Gasteiger partial charge on any atom is -0.493 e. The SMILES string of the molecule is CNCCc1cc(F)c(S(C)(=O)=O)c(OC)c1OC. The van der Waals surface area contributed by atoms with E-state index >= 15 is 0 Å². The van der Waals surface area contributed by atoms with Gasteiger partial charge in [-0.2, -0.15) is 0 Å². The van der Waals surface area contributed by atoms with E-state index in [9.17, 15) is 12.8 Å². The fourth-order valence-electron chi connectivity index (χ4n) is 1.84. The average molecular weight is 291 g/mol. The molecule has 1 aromatic carbocycles. The Morgan fingerprint density at radius 2 is 1.84 bits per heavy atom. The van der Waals surface area contributed by atoms with Crippen LogP contribution in [0.3, 0.4) is 0 Å². The van der Waals surface area contributed by atoms with Gasteiger partial charge in [0.1, 0.15) is 10.7 Å². The van der Waals surface area contributed by atoms with Crippen molar-refractivity contribution >= 4 is 9.84 Å². The molecule has 7 heteroatoms. The summed E-state index contributed by atoms with van der Waals surface area (Å²) in [4.78, 5) is -0.472. The predicted molar refractivity (Wildman–Crippen MR) is 70.2 cm³/mol. The van der Waals surface area contributed by atoms with E-state index in [2.05, 4.69) is 5.32 Å². The third kappa shape index (κ3) is 3.36. The number of likely N-dealkylation sites (N-methyl/N-ethyl adjacent to an activating group) is 1. The van der Waals surface area contributed by atoms with Crippen LogP contribution in [0.2, 0.25) is 0 Å². The molecule has 1 N–H and O–H groups in total. The van der Waals surface area contributed by atoms with Crippen LogP contribution in [0.15, 0.2) is 11.0 Å². The van der Waals surface area contributed by atoms with Crippen molar-refractivity contribution in [3.05, 3.63) is 17.4 Å². The topological polar surface area (TPSA) is 64.6 Å². The predicted octanol–water partition coefficient (Wildman–Crippen LogP) is 1.01. The van der Waals surface area contributed by atoms with E-state index in [-0.39, 0.29) is 11.5 Å². The first-order valence-electron chi connectivity index (χ1n) is 5.64. The molecular formula is C12H18FNO4S. The fraction of sp³-hybridized carbons (Fsp3) is 0.500. The highest BCUT2D eigenvalue weighted by molar-refractivity contribution is 7.90. The van der Waals surface area contributed by atoms with E-state index in [1.807, 2.05) is 0 Å². The zero-order chi connectivity index (χ0) is 14.6. The molecule has 19 heavy (non-hydrogen) atoms. The minimum atomic E-state index is -3.74. The highest BCUT2D eigenvalue weighted by Crippen LogP contribution is 2.39. The van der Waals surface area contributed by atoms with Crippen molar-refractivity contribution in [3.8, 4) is 11.5 Å². The molecule has 0 atom stereocenters. The van der Waals surface area contributed by atoms with Gasteiger partial charge in [-0.15, -0.1) is 0 Å². The van der Waals surface area contributed by atoms with Gasteiger partial charge < -0.3 is 14.8 Å². The molecule has 0 amide bonds. The molecule has 0 saturated carbocycles. The fourth-order valence-corrected chi connectivity index (χ4v) is 2.77. The summed E-state index contributed by atoms with van der Waals surface area (Å²) in [5, 5.41) is 2.93. The molecule has 0 bridgehead atoms. The van der Waals surface area contributed by atoms with Gasteiger partial charge in [0.2, 0.25) is 0 Å². The molecule has 1 rings (SSSR count). The van der Waals surface area contributed by atoms with Crippen LogP contribution in [0, 0.1) is 5.82 Å². The highest BCUT2D eigenvalue weighted by Gasteiger charge is 2.26. The van der Waals surface area contributed by atoms with Gasteiger partial charge in [-0.1, -0.05) is 0 Å². The van der Waals surface area contributed by atoms with Crippen molar-refractivity contribution in [2.75, 3.05) is 34.1 Å². The zero-order valence-electron chi connectivity index (χ0n) is 11.4. The maximum absolute atomic E-state index is 14.0. The lowest BCUT2D eigenvalue weighted by Gasteiger charge is -2.16. The van der Waals surface area contributed by atoms with Crippen LogP contribution >= 0.6 is 0 Å². The van der Waals surface area contributed by atoms with Crippen LogP contribution < -0.4 is 14.8 Å². The normalized spacial score (nSPS) is 11.4. The van der Waals surface area contributed by atoms with Crippen molar-refractivity contribution in [1.82, 2.24) is 5.32 Å². The Labute approximate surface area is 112 Å². The summed E-state index contributed by atoms with van der Waals surface area (Å²) in [7, 11) is 0.706. The largest absolute Gasteiger partial charge is 0.493 e. The molecule has 0 saturated heterocycles. The molecular weight excluding hydrogens is 273 g/mol. The second kappa shape index (κ2) is 6.21. The Hall–Kier alpha value is -1.34. The van der Waals surface area contributed by atoms with Gasteiger partial charge in [-0.25, -0.2) is 12.8 Å². The molecule has 0 aliphatic heterocycles. The van der Waals surface area contributed by atoms with Crippen LogP contribution in [-0.2, 0) is 16.3 Å². The zero-order valence-corrected chi connectivity index (χ0v) is 12.2. The van der Waals surface area contributed by atoms with E-state index in [0.29, 0.717) is 18.5 Å². The summed E-state index contributed by atoms with van der Waals surface area (Å²) in [6, 6.07) is 1.18. The van der Waals surface area contributed by atoms with Gasteiger partial charge in [0.05, 0.1) is 14.2 Å². The second-order valence-electron chi connectivity index (χ2n) is 4.04. The summed E-state index contributed by atoms with van der Waals surface area (Å²) >= 11 is 0. The quantitative estimate of drug-likeness (QED) is 0.847. The standard InChI is InChI=1S/C12H18FNO4S/c1-14-6-5-8-7-9(13)12(19(4,15)16)11(18-3)10(8)17-2/h7,14H,5-6H2,1-4H3. The first-order chi connectivity index (χ1) is 8.86. The van der Waals surface area contributed by atoms with Crippen molar-refractivity contribution in [1.29, 1.82) is 0 Å². The lowest BCUT2D eigenvalue weighted by atomic mass is 10.1. The number of nitrogens with one attached hydrogen (secondary N) is 1. The molecule has 0 aromatic heterocycles. The second-order valence-corrected chi connectivity index (χ2v) is 5.99. The minimum absolute atomic E-state index is 0.0869. The molecule has 0 aliphatic carbocycles. The number of rotatable bonds is 6. The summed E-state index contributed by atoms with van der Waals surface area (Å²) in [5.74, 6) is -0.665. The number of benzene rings is 1. The summed E-state index contributed by atoms with van der Waals surface area (Å²) in [6.07, 6.45) is 1.43. The van der Waals surface area contributed by atoms with Gasteiger partial charge in [0.15, 0.2) is 21.3 Å². The molecule has 0 aliphatic rings. The van der Waals surface area contributed by atoms with Crippen LogP contribution in [0.25, 0.3) is 0 Å². The molecule has 0 spiro atoms. The Morgan fingerprint density at radius 1 is 1.26 bits per heavy atom. The lowest BCUT2D eigenvalue weighted by Crippen LogP contribution is -2.13. The maximum atomic E-state index is 14.0. The molecule has 1 aromatic rings. The Kier molecular flexibility index (Phi) is 5.13. The van der Waals surface area contributed by atoms with E-state index in [1.54, 1.807) is 7.05 Å². The van der Waals surface area contributed by atoms with Crippen molar-refractivity contribution < 1.29 is 22.3 Å². The van der Waals surface area contributed by atoms with Crippen LogP contribution in [-0.4, -0.2) is 42.5 Å². The van der Waals surface area contributed by atoms with Crippen LogP contribution in [0.4, 0.5) is 4.39 Å². The number of methoxy groups -OCH3 is 2. The van der Waals surface area contributed by atoms with Crippen molar-refractivity contribution in [3.63, 3.8) is 0 Å². The van der Waals surface area contributed by atoms with Gasteiger partial charge >= 0.3 is 0 Å². The number of sulfone groups is 1. The number of hydrogen-bond donors (Lipinski definition) is 1. The average Bonchev–Trinajstić information content (AvgIpc) is 2.33. The van der Waals surface area contributed by atoms with E-state index in [1.165, 1.54) is 20.3 Å². The van der Waals surface area contributed by atoms with E-state index < -0.39 is 20.5 Å². The smallest absolute Gasteiger partial charge is 0.182 e. The van der Waals surface area contributed by atoms with E-state index in [0.717, 1.165) is 6.26 Å². The molecule has 0 unspecified atom stereocenters. The summed E-state index contributed by atoms with van der Waals surface area (Å²) in [6.45, 7) is 0.608. The van der Waals surface area contributed by atoms with Crippen LogP contribution in [0.5, 0.6) is 11.5 Å². The first kappa shape index (κ1) is 15.7. The highest BCUT2D eigenvalue weighted by atomic mass is 32.2.